The van der Waals surface area contributed by atoms with Crippen molar-refractivity contribution in [2.24, 2.45) is 0 Å². The summed E-state index contributed by atoms with van der Waals surface area (Å²) in [5.41, 5.74) is 6.97. The summed E-state index contributed by atoms with van der Waals surface area (Å²) >= 11 is 0. The van der Waals surface area contributed by atoms with Gasteiger partial charge in [-0.3, -0.25) is 9.89 Å². The van der Waals surface area contributed by atoms with Crippen LogP contribution in [0.2, 0.25) is 0 Å². The standard InChI is InChI=1S/C15H25N5O3/c1-15(2,3)23-14(22)18-8-4-7-17-13(21)12-10(16)11(19-20-12)9-5-6-9/h9H,4-8,16H2,1-3H3,(H,17,21)(H,18,22)(H,19,20). The minimum atomic E-state index is -0.519. The molecule has 0 aromatic carbocycles. The number of hydrogen-bond donors (Lipinski definition) is 4. The number of nitrogens with two attached hydrogens (primary N) is 1. The van der Waals surface area contributed by atoms with Crippen molar-refractivity contribution >= 4 is 17.7 Å². The third-order valence-electron chi connectivity index (χ3n) is 3.34. The van der Waals surface area contributed by atoms with Crippen LogP contribution in [0.3, 0.4) is 0 Å². The van der Waals surface area contributed by atoms with Gasteiger partial charge >= 0.3 is 6.09 Å². The van der Waals surface area contributed by atoms with E-state index in [0.29, 0.717) is 31.1 Å². The molecule has 1 aromatic rings. The Labute approximate surface area is 135 Å². The monoisotopic (exact) mass is 323 g/mol. The summed E-state index contributed by atoms with van der Waals surface area (Å²) in [5, 5.41) is 12.2. The number of aromatic nitrogens is 2. The molecule has 2 rings (SSSR count). The van der Waals surface area contributed by atoms with Crippen molar-refractivity contribution in [2.45, 2.75) is 51.6 Å². The number of anilines is 1. The lowest BCUT2D eigenvalue weighted by Crippen LogP contribution is -2.34. The first-order valence-electron chi connectivity index (χ1n) is 7.86. The van der Waals surface area contributed by atoms with Gasteiger partial charge in [0.2, 0.25) is 0 Å². The van der Waals surface area contributed by atoms with Crippen LogP contribution in [0.25, 0.3) is 0 Å². The number of rotatable bonds is 6. The minimum Gasteiger partial charge on any atom is -0.444 e. The molecule has 8 nitrogen and oxygen atoms in total. The van der Waals surface area contributed by atoms with Crippen LogP contribution in [0.4, 0.5) is 10.5 Å². The maximum absolute atomic E-state index is 12.0. The molecule has 2 amide bonds. The zero-order valence-corrected chi connectivity index (χ0v) is 13.9. The Bertz CT molecular complexity index is 572. The minimum absolute atomic E-state index is 0.243. The maximum Gasteiger partial charge on any atom is 0.407 e. The van der Waals surface area contributed by atoms with Gasteiger partial charge in [-0.25, -0.2) is 4.79 Å². The summed E-state index contributed by atoms with van der Waals surface area (Å²) in [4.78, 5) is 23.5. The van der Waals surface area contributed by atoms with Crippen LogP contribution in [0.5, 0.6) is 0 Å². The predicted molar refractivity (Wildman–Crippen MR) is 86.2 cm³/mol. The zero-order valence-electron chi connectivity index (χ0n) is 13.9. The number of nitrogens with one attached hydrogen (secondary N) is 3. The number of carbonyl (C=O) groups is 2. The quantitative estimate of drug-likeness (QED) is 0.591. The van der Waals surface area contributed by atoms with Crippen molar-refractivity contribution in [1.82, 2.24) is 20.8 Å². The van der Waals surface area contributed by atoms with Crippen molar-refractivity contribution < 1.29 is 14.3 Å². The summed E-state index contributed by atoms with van der Waals surface area (Å²) in [7, 11) is 0. The fourth-order valence-corrected chi connectivity index (χ4v) is 2.10. The highest BCUT2D eigenvalue weighted by Crippen LogP contribution is 2.42. The summed E-state index contributed by atoms with van der Waals surface area (Å²) in [6.07, 6.45) is 2.30. The van der Waals surface area contributed by atoms with E-state index in [0.717, 1.165) is 18.5 Å². The molecule has 5 N–H and O–H groups in total. The summed E-state index contributed by atoms with van der Waals surface area (Å²) in [5.74, 6) is 0.116. The summed E-state index contributed by atoms with van der Waals surface area (Å²) < 4.78 is 5.11. The smallest absolute Gasteiger partial charge is 0.407 e. The van der Waals surface area contributed by atoms with Crippen LogP contribution < -0.4 is 16.4 Å². The second kappa shape index (κ2) is 6.89. The highest BCUT2D eigenvalue weighted by atomic mass is 16.6. The van der Waals surface area contributed by atoms with Gasteiger partial charge in [-0.15, -0.1) is 0 Å². The van der Waals surface area contributed by atoms with E-state index in [9.17, 15) is 9.59 Å². The van der Waals surface area contributed by atoms with Crippen LogP contribution >= 0.6 is 0 Å². The average Bonchev–Trinajstić information content (AvgIpc) is 3.19. The number of aromatic amines is 1. The number of alkyl carbamates (subject to hydrolysis) is 1. The molecule has 0 aliphatic heterocycles. The molecule has 1 aliphatic carbocycles. The van der Waals surface area contributed by atoms with Gasteiger partial charge in [0.1, 0.15) is 5.60 Å². The molecule has 1 aromatic heterocycles. The average molecular weight is 323 g/mol. The van der Waals surface area contributed by atoms with Crippen molar-refractivity contribution in [2.75, 3.05) is 18.8 Å². The molecule has 1 heterocycles. The van der Waals surface area contributed by atoms with E-state index < -0.39 is 11.7 Å². The largest absolute Gasteiger partial charge is 0.444 e. The zero-order chi connectivity index (χ0) is 17.0. The first-order valence-corrected chi connectivity index (χ1v) is 7.86. The Kier molecular flexibility index (Phi) is 5.12. The van der Waals surface area contributed by atoms with E-state index in [4.69, 9.17) is 10.5 Å². The van der Waals surface area contributed by atoms with E-state index in [1.165, 1.54) is 0 Å². The normalized spacial score (nSPS) is 14.4. The van der Waals surface area contributed by atoms with Gasteiger partial charge in [0, 0.05) is 19.0 Å². The molecule has 0 atom stereocenters. The lowest BCUT2D eigenvalue weighted by atomic mass is 10.2. The predicted octanol–water partition coefficient (Wildman–Crippen LogP) is 1.51. The lowest BCUT2D eigenvalue weighted by Gasteiger charge is -2.19. The Morgan fingerprint density at radius 1 is 1.30 bits per heavy atom. The molecule has 1 saturated carbocycles. The highest BCUT2D eigenvalue weighted by Gasteiger charge is 2.30. The fourth-order valence-electron chi connectivity index (χ4n) is 2.10. The molecular formula is C15H25N5O3. The fraction of sp³-hybridized carbons (Fsp3) is 0.667. The first-order chi connectivity index (χ1) is 10.8. The highest BCUT2D eigenvalue weighted by molar-refractivity contribution is 5.97. The van der Waals surface area contributed by atoms with Gasteiger partial charge in [0.15, 0.2) is 5.69 Å². The van der Waals surface area contributed by atoms with Gasteiger partial charge in [-0.1, -0.05) is 0 Å². The number of amides is 2. The van der Waals surface area contributed by atoms with Crippen LogP contribution in [-0.2, 0) is 4.74 Å². The Morgan fingerprint density at radius 3 is 2.57 bits per heavy atom. The van der Waals surface area contributed by atoms with Gasteiger partial charge in [-0.2, -0.15) is 5.10 Å². The Morgan fingerprint density at radius 2 is 1.96 bits per heavy atom. The van der Waals surface area contributed by atoms with Crippen LogP contribution in [0, 0.1) is 0 Å². The molecule has 0 radical (unpaired) electrons. The molecule has 1 aliphatic rings. The summed E-state index contributed by atoms with van der Waals surface area (Å²) in [6.45, 7) is 6.24. The Balaban J connectivity index is 1.66. The molecule has 23 heavy (non-hydrogen) atoms. The number of carbonyl (C=O) groups excluding carboxylic acids is 2. The van der Waals surface area contributed by atoms with Gasteiger partial charge in [0.25, 0.3) is 5.91 Å². The third-order valence-corrected chi connectivity index (χ3v) is 3.34. The SMILES string of the molecule is CC(C)(C)OC(=O)NCCCNC(=O)c1n[nH]c(C2CC2)c1N. The van der Waals surface area contributed by atoms with Gasteiger partial charge in [-0.05, 0) is 40.0 Å². The second-order valence-corrected chi connectivity index (χ2v) is 6.71. The molecule has 1 fully saturated rings. The molecule has 128 valence electrons. The number of nitrogen functional groups attached to an aromatic ring is 1. The van der Waals surface area contributed by atoms with Gasteiger partial charge < -0.3 is 21.1 Å². The third kappa shape index (κ3) is 5.15. The summed E-state index contributed by atoms with van der Waals surface area (Å²) in [6, 6.07) is 0. The topological polar surface area (TPSA) is 122 Å². The Hall–Kier alpha value is -2.25. The van der Waals surface area contributed by atoms with Crippen molar-refractivity contribution in [1.29, 1.82) is 0 Å². The lowest BCUT2D eigenvalue weighted by molar-refractivity contribution is 0.0527. The van der Waals surface area contributed by atoms with Crippen molar-refractivity contribution in [3.63, 3.8) is 0 Å². The van der Waals surface area contributed by atoms with E-state index in [2.05, 4.69) is 20.8 Å². The van der Waals surface area contributed by atoms with Gasteiger partial charge in [0.05, 0.1) is 11.4 Å². The second-order valence-electron chi connectivity index (χ2n) is 6.71. The number of H-pyrrole nitrogens is 1. The van der Waals surface area contributed by atoms with Crippen LogP contribution in [-0.4, -0.2) is 40.9 Å². The van der Waals surface area contributed by atoms with E-state index in [-0.39, 0.29) is 11.6 Å². The van der Waals surface area contributed by atoms with Crippen LogP contribution in [0.15, 0.2) is 0 Å². The molecule has 0 unspecified atom stereocenters. The van der Waals surface area contributed by atoms with Crippen molar-refractivity contribution in [3.05, 3.63) is 11.4 Å². The molecule has 0 bridgehead atoms. The first kappa shape index (κ1) is 17.1. The number of ether oxygens (including phenoxy) is 1. The van der Waals surface area contributed by atoms with Crippen LogP contribution in [0.1, 0.15) is 62.1 Å². The molecule has 0 spiro atoms. The molecular weight excluding hydrogens is 298 g/mol. The van der Waals surface area contributed by atoms with E-state index >= 15 is 0 Å². The molecule has 0 saturated heterocycles. The maximum atomic E-state index is 12.0. The van der Waals surface area contributed by atoms with E-state index in [1.54, 1.807) is 20.8 Å². The van der Waals surface area contributed by atoms with Crippen molar-refractivity contribution in [3.8, 4) is 0 Å². The number of hydrogen-bond acceptors (Lipinski definition) is 5. The number of nitrogens with zero attached hydrogens (tertiary/aromatic N) is 1. The van der Waals surface area contributed by atoms with E-state index in [1.807, 2.05) is 0 Å². The molecule has 8 heteroatoms.